The Morgan fingerprint density at radius 2 is 1.96 bits per heavy atom. The number of nitrogens with one attached hydrogen (secondary N) is 1. The molecule has 3 aromatic rings. The second-order valence-electron chi connectivity index (χ2n) is 6.41. The number of amides is 1. The van der Waals surface area contributed by atoms with Crippen LogP contribution in [0.3, 0.4) is 0 Å². The number of carbonyl (C=O) groups excluding carboxylic acids is 1. The van der Waals surface area contributed by atoms with Crippen molar-refractivity contribution in [3.05, 3.63) is 74.6 Å². The maximum absolute atomic E-state index is 12.2. The topological polar surface area (TPSA) is 68.5 Å². The molecule has 1 heterocycles. The summed E-state index contributed by atoms with van der Waals surface area (Å²) in [6.45, 7) is 5.35. The van der Waals surface area contributed by atoms with Crippen LogP contribution in [0.1, 0.15) is 29.7 Å². The summed E-state index contributed by atoms with van der Waals surface area (Å²) in [6.07, 6.45) is 0. The van der Waals surface area contributed by atoms with Crippen LogP contribution in [-0.4, -0.2) is 12.5 Å². The predicted octanol–water partition coefficient (Wildman–Crippen LogP) is 4.32. The molecule has 3 rings (SSSR count). The maximum Gasteiger partial charge on any atom is 0.336 e. The average molecular weight is 386 g/mol. The van der Waals surface area contributed by atoms with Gasteiger partial charge in [-0.3, -0.25) is 4.79 Å². The van der Waals surface area contributed by atoms with Gasteiger partial charge in [0.05, 0.1) is 6.04 Å². The molecule has 0 unspecified atom stereocenters. The number of aryl methyl sites for hydroxylation is 2. The SMILES string of the molecule is Cc1cc(=O)oc2c(C)c(OCC(=O)N[C@@H](C)c3ccccc3Cl)ccc12. The molecule has 0 aliphatic carbocycles. The van der Waals surface area contributed by atoms with Crippen LogP contribution in [0, 0.1) is 13.8 Å². The smallest absolute Gasteiger partial charge is 0.336 e. The van der Waals surface area contributed by atoms with E-state index in [1.165, 1.54) is 6.07 Å². The van der Waals surface area contributed by atoms with Crippen LogP contribution in [0.25, 0.3) is 11.0 Å². The van der Waals surface area contributed by atoms with Gasteiger partial charge in [0.25, 0.3) is 5.91 Å². The van der Waals surface area contributed by atoms with E-state index in [2.05, 4.69) is 5.32 Å². The van der Waals surface area contributed by atoms with Crippen molar-refractivity contribution in [3.8, 4) is 5.75 Å². The highest BCUT2D eigenvalue weighted by Gasteiger charge is 2.14. The number of hydrogen-bond donors (Lipinski definition) is 1. The van der Waals surface area contributed by atoms with Crippen LogP contribution in [0.4, 0.5) is 0 Å². The number of fused-ring (bicyclic) bond motifs is 1. The zero-order chi connectivity index (χ0) is 19.6. The normalized spacial score (nSPS) is 12.0. The molecule has 0 fully saturated rings. The van der Waals surface area contributed by atoms with E-state index in [0.717, 1.165) is 16.5 Å². The van der Waals surface area contributed by atoms with Gasteiger partial charge in [0, 0.05) is 22.0 Å². The van der Waals surface area contributed by atoms with Crippen LogP contribution in [-0.2, 0) is 4.79 Å². The molecule has 0 saturated heterocycles. The number of benzene rings is 2. The summed E-state index contributed by atoms with van der Waals surface area (Å²) in [7, 11) is 0. The van der Waals surface area contributed by atoms with E-state index in [0.29, 0.717) is 21.9 Å². The highest BCUT2D eigenvalue weighted by Crippen LogP contribution is 2.28. The van der Waals surface area contributed by atoms with Crippen LogP contribution >= 0.6 is 11.6 Å². The van der Waals surface area contributed by atoms with Crippen LogP contribution in [0.5, 0.6) is 5.75 Å². The number of hydrogen-bond acceptors (Lipinski definition) is 4. The Bertz CT molecular complexity index is 1060. The predicted molar refractivity (Wildman–Crippen MR) is 105 cm³/mol. The zero-order valence-corrected chi connectivity index (χ0v) is 16.1. The van der Waals surface area contributed by atoms with E-state index in [4.69, 9.17) is 20.8 Å². The van der Waals surface area contributed by atoms with Crippen molar-refractivity contribution in [1.29, 1.82) is 0 Å². The summed E-state index contributed by atoms with van der Waals surface area (Å²) in [6, 6.07) is 12.2. The van der Waals surface area contributed by atoms with Crippen molar-refractivity contribution < 1.29 is 13.9 Å². The average Bonchev–Trinajstić information content (AvgIpc) is 2.62. The maximum atomic E-state index is 12.2. The molecule has 27 heavy (non-hydrogen) atoms. The van der Waals surface area contributed by atoms with E-state index in [-0.39, 0.29) is 18.6 Å². The molecule has 0 radical (unpaired) electrons. The second kappa shape index (κ2) is 7.84. The first-order valence-electron chi connectivity index (χ1n) is 8.57. The van der Waals surface area contributed by atoms with Gasteiger partial charge < -0.3 is 14.5 Å². The van der Waals surface area contributed by atoms with Crippen molar-refractivity contribution in [2.24, 2.45) is 0 Å². The molecule has 0 bridgehead atoms. The first-order chi connectivity index (χ1) is 12.9. The summed E-state index contributed by atoms with van der Waals surface area (Å²) >= 11 is 6.16. The lowest BCUT2D eigenvalue weighted by atomic mass is 10.1. The molecule has 140 valence electrons. The number of rotatable bonds is 5. The molecular weight excluding hydrogens is 366 g/mol. The van der Waals surface area contributed by atoms with E-state index < -0.39 is 5.63 Å². The molecule has 6 heteroatoms. The first kappa shape index (κ1) is 19.0. The highest BCUT2D eigenvalue weighted by molar-refractivity contribution is 6.31. The molecule has 0 aliphatic rings. The molecule has 1 N–H and O–H groups in total. The van der Waals surface area contributed by atoms with Gasteiger partial charge >= 0.3 is 5.63 Å². The van der Waals surface area contributed by atoms with Gasteiger partial charge in [-0.2, -0.15) is 0 Å². The van der Waals surface area contributed by atoms with Gasteiger partial charge in [-0.05, 0) is 50.1 Å². The second-order valence-corrected chi connectivity index (χ2v) is 6.82. The Balaban J connectivity index is 1.71. The Morgan fingerprint density at radius 1 is 1.22 bits per heavy atom. The van der Waals surface area contributed by atoms with Crippen LogP contribution < -0.4 is 15.7 Å². The highest BCUT2D eigenvalue weighted by atomic mass is 35.5. The molecule has 1 atom stereocenters. The van der Waals surface area contributed by atoms with E-state index >= 15 is 0 Å². The van der Waals surface area contributed by atoms with Gasteiger partial charge in [0.15, 0.2) is 6.61 Å². The minimum absolute atomic E-state index is 0.156. The first-order valence-corrected chi connectivity index (χ1v) is 8.95. The van der Waals surface area contributed by atoms with E-state index in [9.17, 15) is 9.59 Å². The van der Waals surface area contributed by atoms with Gasteiger partial charge in [-0.15, -0.1) is 0 Å². The minimum Gasteiger partial charge on any atom is -0.483 e. The Kier molecular flexibility index (Phi) is 5.51. The third-order valence-corrected chi connectivity index (χ3v) is 4.77. The van der Waals surface area contributed by atoms with Crippen molar-refractivity contribution in [3.63, 3.8) is 0 Å². The third kappa shape index (κ3) is 4.14. The van der Waals surface area contributed by atoms with Crippen LogP contribution in [0.2, 0.25) is 5.02 Å². The Morgan fingerprint density at radius 3 is 2.70 bits per heavy atom. The summed E-state index contributed by atoms with van der Waals surface area (Å²) < 4.78 is 11.0. The minimum atomic E-state index is -0.411. The van der Waals surface area contributed by atoms with Crippen molar-refractivity contribution in [2.45, 2.75) is 26.8 Å². The van der Waals surface area contributed by atoms with Crippen molar-refractivity contribution >= 4 is 28.5 Å². The van der Waals surface area contributed by atoms with Gasteiger partial charge in [-0.1, -0.05) is 29.8 Å². The molecule has 0 saturated carbocycles. The lowest BCUT2D eigenvalue weighted by Crippen LogP contribution is -2.31. The monoisotopic (exact) mass is 385 g/mol. The molecule has 0 spiro atoms. The number of carbonyl (C=O) groups is 1. The standard InChI is InChI=1S/C21H20ClNO4/c1-12-10-20(25)27-21-13(2)18(9-8-15(12)21)26-11-19(24)23-14(3)16-6-4-5-7-17(16)22/h4-10,14H,11H2,1-3H3,(H,23,24)/t14-/m0/s1. The molecule has 1 amide bonds. The van der Waals surface area contributed by atoms with Crippen molar-refractivity contribution in [1.82, 2.24) is 5.32 Å². The summed E-state index contributed by atoms with van der Waals surface area (Å²) in [4.78, 5) is 23.9. The fraction of sp³-hybridized carbons (Fsp3) is 0.238. The van der Waals surface area contributed by atoms with E-state index in [1.54, 1.807) is 19.1 Å². The quantitative estimate of drug-likeness (QED) is 0.664. The molecule has 1 aromatic heterocycles. The van der Waals surface area contributed by atoms with Crippen molar-refractivity contribution in [2.75, 3.05) is 6.61 Å². The summed E-state index contributed by atoms with van der Waals surface area (Å²) in [5.41, 5.74) is 2.42. The largest absolute Gasteiger partial charge is 0.483 e. The molecule has 2 aromatic carbocycles. The summed E-state index contributed by atoms with van der Waals surface area (Å²) in [5, 5.41) is 4.30. The fourth-order valence-electron chi connectivity index (χ4n) is 2.99. The van der Waals surface area contributed by atoms with Crippen LogP contribution in [0.15, 0.2) is 51.7 Å². The molecular formula is C21H20ClNO4. The lowest BCUT2D eigenvalue weighted by Gasteiger charge is -2.16. The Labute approximate surface area is 161 Å². The van der Waals surface area contributed by atoms with E-state index in [1.807, 2.05) is 38.1 Å². The van der Waals surface area contributed by atoms with Gasteiger partial charge in [0.1, 0.15) is 11.3 Å². The van der Waals surface area contributed by atoms with Gasteiger partial charge in [0.2, 0.25) is 0 Å². The number of ether oxygens (including phenoxy) is 1. The fourth-order valence-corrected chi connectivity index (χ4v) is 3.29. The number of halogens is 1. The Hall–Kier alpha value is -2.79. The molecule has 5 nitrogen and oxygen atoms in total. The zero-order valence-electron chi connectivity index (χ0n) is 15.3. The summed E-state index contributed by atoms with van der Waals surface area (Å²) in [5.74, 6) is 0.226. The van der Waals surface area contributed by atoms with Gasteiger partial charge in [-0.25, -0.2) is 4.79 Å². The lowest BCUT2D eigenvalue weighted by molar-refractivity contribution is -0.123. The molecule has 0 aliphatic heterocycles. The third-order valence-electron chi connectivity index (χ3n) is 4.43.